The Bertz CT molecular complexity index is 199. The number of hydrogen-bond acceptors (Lipinski definition) is 2. The lowest BCUT2D eigenvalue weighted by molar-refractivity contribution is 0.0201. The van der Waals surface area contributed by atoms with E-state index in [9.17, 15) is 0 Å². The van der Waals surface area contributed by atoms with Crippen molar-refractivity contribution in [3.05, 3.63) is 0 Å². The Labute approximate surface area is 102 Å². The molecule has 0 aromatic rings. The molecule has 0 aromatic carbocycles. The van der Waals surface area contributed by atoms with Crippen LogP contribution >= 0.6 is 0 Å². The Kier molecular flexibility index (Phi) is 5.26. The van der Waals surface area contributed by atoms with E-state index in [-0.39, 0.29) is 0 Å². The second-order valence-electron chi connectivity index (χ2n) is 5.60. The van der Waals surface area contributed by atoms with Gasteiger partial charge in [0.05, 0.1) is 0 Å². The second kappa shape index (κ2) is 6.02. The van der Waals surface area contributed by atoms with Crippen LogP contribution < -0.4 is 5.32 Å². The number of piperazine rings is 1. The van der Waals surface area contributed by atoms with Gasteiger partial charge >= 0.3 is 0 Å². The predicted octanol–water partition coefficient (Wildman–Crippen LogP) is 3.03. The van der Waals surface area contributed by atoms with Crippen LogP contribution in [0.15, 0.2) is 0 Å². The highest BCUT2D eigenvalue weighted by atomic mass is 15.3. The van der Waals surface area contributed by atoms with Gasteiger partial charge in [-0.2, -0.15) is 0 Å². The van der Waals surface area contributed by atoms with Crippen molar-refractivity contribution in [3.63, 3.8) is 0 Å². The highest BCUT2D eigenvalue weighted by Crippen LogP contribution is 2.27. The Morgan fingerprint density at radius 2 is 1.88 bits per heavy atom. The summed E-state index contributed by atoms with van der Waals surface area (Å²) in [5.41, 5.74) is 0.396. The minimum Gasteiger partial charge on any atom is -0.311 e. The Balaban J connectivity index is 2.68. The molecular weight excluding hydrogens is 196 g/mol. The highest BCUT2D eigenvalue weighted by molar-refractivity contribution is 4.93. The predicted molar refractivity (Wildman–Crippen MR) is 71.9 cm³/mol. The smallest absolute Gasteiger partial charge is 0.0198 e. The summed E-state index contributed by atoms with van der Waals surface area (Å²) in [6, 6.07) is 1.39. The molecule has 1 heterocycles. The third-order valence-corrected chi connectivity index (χ3v) is 4.50. The summed E-state index contributed by atoms with van der Waals surface area (Å²) >= 11 is 0. The van der Waals surface area contributed by atoms with Gasteiger partial charge in [0.25, 0.3) is 0 Å². The van der Waals surface area contributed by atoms with Gasteiger partial charge in [-0.05, 0) is 33.1 Å². The van der Waals surface area contributed by atoms with Crippen molar-refractivity contribution >= 4 is 0 Å². The molecule has 0 bridgehead atoms. The van der Waals surface area contributed by atoms with E-state index in [4.69, 9.17) is 0 Å². The van der Waals surface area contributed by atoms with Gasteiger partial charge in [-0.3, -0.25) is 4.90 Å². The summed E-state index contributed by atoms with van der Waals surface area (Å²) in [6.45, 7) is 14.1. The molecule has 1 N–H and O–H groups in total. The van der Waals surface area contributed by atoms with Crippen molar-refractivity contribution < 1.29 is 0 Å². The number of rotatable bonds is 5. The zero-order valence-corrected chi connectivity index (χ0v) is 11.8. The lowest BCUT2D eigenvalue weighted by Crippen LogP contribution is -2.62. The van der Waals surface area contributed by atoms with Crippen LogP contribution in [-0.2, 0) is 0 Å². The fourth-order valence-electron chi connectivity index (χ4n) is 2.88. The van der Waals surface area contributed by atoms with Crippen molar-refractivity contribution in [3.8, 4) is 0 Å². The van der Waals surface area contributed by atoms with Crippen LogP contribution in [-0.4, -0.2) is 35.6 Å². The van der Waals surface area contributed by atoms with Gasteiger partial charge in [0.1, 0.15) is 0 Å². The summed E-state index contributed by atoms with van der Waals surface area (Å²) in [5.74, 6) is 0. The first kappa shape index (κ1) is 14.0. The molecule has 1 aliphatic heterocycles. The Morgan fingerprint density at radius 3 is 2.38 bits per heavy atom. The summed E-state index contributed by atoms with van der Waals surface area (Å²) in [6.07, 6.45) is 5.11. The molecule has 1 rings (SSSR count). The summed E-state index contributed by atoms with van der Waals surface area (Å²) in [7, 11) is 0. The van der Waals surface area contributed by atoms with Crippen molar-refractivity contribution in [2.24, 2.45) is 0 Å². The summed E-state index contributed by atoms with van der Waals surface area (Å²) < 4.78 is 0. The van der Waals surface area contributed by atoms with Gasteiger partial charge in [0.15, 0.2) is 0 Å². The third-order valence-electron chi connectivity index (χ3n) is 4.50. The molecule has 0 saturated carbocycles. The quantitative estimate of drug-likeness (QED) is 0.775. The molecule has 0 spiro atoms. The fourth-order valence-corrected chi connectivity index (χ4v) is 2.88. The van der Waals surface area contributed by atoms with E-state index in [1.807, 2.05) is 0 Å². The van der Waals surface area contributed by atoms with Crippen molar-refractivity contribution in [2.75, 3.05) is 13.1 Å². The standard InChI is InChI=1S/C14H30N2/c1-6-9-13-11-16(12(4)10-15-13)14(5,7-2)8-3/h12-13,15H,6-11H2,1-5H3. The average Bonchev–Trinajstić information content (AvgIpc) is 2.31. The molecule has 0 aliphatic carbocycles. The van der Waals surface area contributed by atoms with Crippen LogP contribution in [0.2, 0.25) is 0 Å². The zero-order chi connectivity index (χ0) is 12.2. The molecule has 0 aromatic heterocycles. The number of nitrogens with one attached hydrogen (secondary N) is 1. The first-order valence-corrected chi connectivity index (χ1v) is 7.07. The van der Waals surface area contributed by atoms with Crippen LogP contribution in [0.4, 0.5) is 0 Å². The monoisotopic (exact) mass is 226 g/mol. The third kappa shape index (κ3) is 2.98. The molecule has 1 aliphatic rings. The number of hydrogen-bond donors (Lipinski definition) is 1. The molecule has 2 atom stereocenters. The van der Waals surface area contributed by atoms with E-state index >= 15 is 0 Å². The average molecular weight is 226 g/mol. The van der Waals surface area contributed by atoms with E-state index < -0.39 is 0 Å². The number of nitrogens with zero attached hydrogens (tertiary/aromatic N) is 1. The van der Waals surface area contributed by atoms with Crippen LogP contribution in [0.25, 0.3) is 0 Å². The molecule has 16 heavy (non-hydrogen) atoms. The normalized spacial score (nSPS) is 28.3. The van der Waals surface area contributed by atoms with Gasteiger partial charge in [0.2, 0.25) is 0 Å². The molecule has 1 fully saturated rings. The molecule has 2 heteroatoms. The van der Waals surface area contributed by atoms with Crippen molar-refractivity contribution in [1.82, 2.24) is 10.2 Å². The lowest BCUT2D eigenvalue weighted by atomic mass is 9.89. The largest absolute Gasteiger partial charge is 0.311 e. The van der Waals surface area contributed by atoms with Crippen LogP contribution in [0.3, 0.4) is 0 Å². The van der Waals surface area contributed by atoms with Crippen molar-refractivity contribution in [2.45, 2.75) is 77.9 Å². The molecule has 0 radical (unpaired) electrons. The van der Waals surface area contributed by atoms with Gasteiger partial charge in [-0.15, -0.1) is 0 Å². The highest BCUT2D eigenvalue weighted by Gasteiger charge is 2.35. The summed E-state index contributed by atoms with van der Waals surface area (Å²) in [4.78, 5) is 2.74. The van der Waals surface area contributed by atoms with Gasteiger partial charge in [0, 0.05) is 30.7 Å². The van der Waals surface area contributed by atoms with Crippen LogP contribution in [0, 0.1) is 0 Å². The molecular formula is C14H30N2. The van der Waals surface area contributed by atoms with Gasteiger partial charge in [-0.1, -0.05) is 27.2 Å². The Morgan fingerprint density at radius 1 is 1.25 bits per heavy atom. The SMILES string of the molecule is CCCC1CN(C(C)(CC)CC)C(C)CN1. The van der Waals surface area contributed by atoms with Crippen LogP contribution in [0.5, 0.6) is 0 Å². The van der Waals surface area contributed by atoms with E-state index in [0.717, 1.165) is 6.54 Å². The van der Waals surface area contributed by atoms with Crippen LogP contribution in [0.1, 0.15) is 60.3 Å². The minimum absolute atomic E-state index is 0.396. The zero-order valence-electron chi connectivity index (χ0n) is 11.8. The molecule has 2 unspecified atom stereocenters. The van der Waals surface area contributed by atoms with Gasteiger partial charge < -0.3 is 5.32 Å². The maximum absolute atomic E-state index is 3.68. The topological polar surface area (TPSA) is 15.3 Å². The van der Waals surface area contributed by atoms with Crippen molar-refractivity contribution in [1.29, 1.82) is 0 Å². The summed E-state index contributed by atoms with van der Waals surface area (Å²) in [5, 5.41) is 3.68. The first-order valence-electron chi connectivity index (χ1n) is 7.07. The molecule has 2 nitrogen and oxygen atoms in total. The van der Waals surface area contributed by atoms with E-state index in [1.165, 1.54) is 32.2 Å². The first-order chi connectivity index (χ1) is 7.57. The maximum Gasteiger partial charge on any atom is 0.0198 e. The lowest BCUT2D eigenvalue weighted by Gasteiger charge is -2.49. The molecule has 96 valence electrons. The maximum atomic E-state index is 3.68. The van der Waals surface area contributed by atoms with E-state index in [2.05, 4.69) is 44.8 Å². The Hall–Kier alpha value is -0.0800. The van der Waals surface area contributed by atoms with Gasteiger partial charge in [-0.25, -0.2) is 0 Å². The molecule has 0 amide bonds. The molecule has 1 saturated heterocycles. The van der Waals surface area contributed by atoms with E-state index in [1.54, 1.807) is 0 Å². The van der Waals surface area contributed by atoms with E-state index in [0.29, 0.717) is 17.6 Å². The second-order valence-corrected chi connectivity index (χ2v) is 5.60. The minimum atomic E-state index is 0.396. The fraction of sp³-hybridized carbons (Fsp3) is 1.00.